The summed E-state index contributed by atoms with van der Waals surface area (Å²) in [5.74, 6) is -1.41. The first-order chi connectivity index (χ1) is 15.6. The number of ether oxygens (including phenoxy) is 1. The summed E-state index contributed by atoms with van der Waals surface area (Å²) in [6, 6.07) is 17.6. The molecule has 1 fully saturated rings. The van der Waals surface area contributed by atoms with Crippen molar-refractivity contribution in [3.8, 4) is 0 Å². The van der Waals surface area contributed by atoms with Crippen LogP contribution in [0.4, 0.5) is 0 Å². The molecule has 7 nitrogen and oxygen atoms in total. The SMILES string of the molecule is O=C(C1=C(O)C(=O)N(CCN2CCOCC2)C1c1ccccc1)c1cc2ccccc2o1. The van der Waals surface area contributed by atoms with Crippen LogP contribution in [0.2, 0.25) is 0 Å². The minimum absolute atomic E-state index is 0.0576. The van der Waals surface area contributed by atoms with E-state index in [4.69, 9.17) is 9.15 Å². The number of aliphatic hydroxyl groups excluding tert-OH is 1. The molecule has 0 spiro atoms. The van der Waals surface area contributed by atoms with E-state index in [-0.39, 0.29) is 11.3 Å². The summed E-state index contributed by atoms with van der Waals surface area (Å²) >= 11 is 0. The fourth-order valence-corrected chi connectivity index (χ4v) is 4.40. The number of fused-ring (bicyclic) bond motifs is 1. The Kier molecular flexibility index (Phi) is 5.51. The van der Waals surface area contributed by atoms with Crippen LogP contribution in [0.3, 0.4) is 0 Å². The fraction of sp³-hybridized carbons (Fsp3) is 0.280. The number of benzene rings is 2. The molecule has 1 atom stereocenters. The third kappa shape index (κ3) is 3.70. The molecule has 1 aromatic heterocycles. The van der Waals surface area contributed by atoms with E-state index in [0.717, 1.165) is 24.0 Å². The largest absolute Gasteiger partial charge is 0.503 e. The lowest BCUT2D eigenvalue weighted by Crippen LogP contribution is -2.43. The van der Waals surface area contributed by atoms with Crippen molar-refractivity contribution < 1.29 is 23.8 Å². The third-order valence-corrected chi connectivity index (χ3v) is 6.07. The van der Waals surface area contributed by atoms with E-state index in [0.29, 0.717) is 31.9 Å². The molecule has 1 saturated heterocycles. The second-order valence-electron chi connectivity index (χ2n) is 8.01. The number of carbonyl (C=O) groups excluding carboxylic acids is 2. The quantitative estimate of drug-likeness (QED) is 0.602. The molecule has 2 aliphatic rings. The van der Waals surface area contributed by atoms with Gasteiger partial charge in [0.15, 0.2) is 11.5 Å². The van der Waals surface area contributed by atoms with Gasteiger partial charge in [-0.25, -0.2) is 0 Å². The predicted octanol–water partition coefficient (Wildman–Crippen LogP) is 3.34. The van der Waals surface area contributed by atoms with Gasteiger partial charge in [0.2, 0.25) is 5.78 Å². The van der Waals surface area contributed by atoms with Gasteiger partial charge in [-0.2, -0.15) is 0 Å². The number of para-hydroxylation sites is 1. The van der Waals surface area contributed by atoms with Crippen LogP contribution in [-0.4, -0.2) is 66.0 Å². The third-order valence-electron chi connectivity index (χ3n) is 6.07. The van der Waals surface area contributed by atoms with Crippen molar-refractivity contribution in [1.29, 1.82) is 0 Å². The average molecular weight is 432 g/mol. The second kappa shape index (κ2) is 8.61. The highest BCUT2D eigenvalue weighted by Gasteiger charge is 2.44. The van der Waals surface area contributed by atoms with Gasteiger partial charge in [-0.1, -0.05) is 48.5 Å². The summed E-state index contributed by atoms with van der Waals surface area (Å²) in [5.41, 5.74) is 1.41. The molecule has 0 bridgehead atoms. The highest BCUT2D eigenvalue weighted by Crippen LogP contribution is 2.39. The van der Waals surface area contributed by atoms with Gasteiger partial charge < -0.3 is 19.2 Å². The van der Waals surface area contributed by atoms with E-state index in [9.17, 15) is 14.7 Å². The van der Waals surface area contributed by atoms with Gasteiger partial charge in [0.05, 0.1) is 24.8 Å². The van der Waals surface area contributed by atoms with Crippen LogP contribution < -0.4 is 0 Å². The number of Topliss-reactive ketones (excluding diaryl/α,β-unsaturated/α-hetero) is 1. The normalized spacial score (nSPS) is 19.8. The molecule has 3 aromatic rings. The van der Waals surface area contributed by atoms with E-state index in [1.54, 1.807) is 17.0 Å². The maximum absolute atomic E-state index is 13.5. The predicted molar refractivity (Wildman–Crippen MR) is 118 cm³/mol. The summed E-state index contributed by atoms with van der Waals surface area (Å²) < 4.78 is 11.2. The molecule has 0 radical (unpaired) electrons. The van der Waals surface area contributed by atoms with Crippen molar-refractivity contribution in [1.82, 2.24) is 9.80 Å². The number of furan rings is 1. The van der Waals surface area contributed by atoms with Crippen LogP contribution in [0.25, 0.3) is 11.0 Å². The first-order valence-electron chi connectivity index (χ1n) is 10.8. The minimum Gasteiger partial charge on any atom is -0.503 e. The molecule has 2 aliphatic heterocycles. The summed E-state index contributed by atoms with van der Waals surface area (Å²) in [7, 11) is 0. The number of hydrogen-bond donors (Lipinski definition) is 1. The average Bonchev–Trinajstić information content (AvgIpc) is 3.38. The highest BCUT2D eigenvalue weighted by atomic mass is 16.5. The van der Waals surface area contributed by atoms with Gasteiger partial charge in [-0.15, -0.1) is 0 Å². The molecule has 1 unspecified atom stereocenters. The first kappa shape index (κ1) is 20.5. The monoisotopic (exact) mass is 432 g/mol. The zero-order chi connectivity index (χ0) is 22.1. The lowest BCUT2D eigenvalue weighted by atomic mass is 9.95. The molecule has 2 aromatic carbocycles. The Morgan fingerprint density at radius 3 is 2.47 bits per heavy atom. The summed E-state index contributed by atoms with van der Waals surface area (Å²) in [6.45, 7) is 3.94. The van der Waals surface area contributed by atoms with Gasteiger partial charge in [0, 0.05) is 31.6 Å². The molecule has 1 amide bonds. The minimum atomic E-state index is -0.676. The Morgan fingerprint density at radius 1 is 1.00 bits per heavy atom. The van der Waals surface area contributed by atoms with Crippen molar-refractivity contribution >= 4 is 22.7 Å². The maximum atomic E-state index is 13.5. The second-order valence-corrected chi connectivity index (χ2v) is 8.01. The Balaban J connectivity index is 1.49. The number of amides is 1. The number of carbonyl (C=O) groups is 2. The Morgan fingerprint density at radius 2 is 1.72 bits per heavy atom. The first-order valence-corrected chi connectivity index (χ1v) is 10.8. The van der Waals surface area contributed by atoms with Crippen LogP contribution in [-0.2, 0) is 9.53 Å². The molecule has 164 valence electrons. The number of aliphatic hydroxyl groups is 1. The molecule has 32 heavy (non-hydrogen) atoms. The summed E-state index contributed by atoms with van der Waals surface area (Å²) in [5, 5.41) is 11.6. The number of morpholine rings is 1. The molecule has 0 aliphatic carbocycles. The van der Waals surface area contributed by atoms with Crippen LogP contribution in [0.1, 0.15) is 22.2 Å². The number of ketones is 1. The topological polar surface area (TPSA) is 83.2 Å². The highest BCUT2D eigenvalue weighted by molar-refractivity contribution is 6.16. The van der Waals surface area contributed by atoms with E-state index >= 15 is 0 Å². The molecule has 7 heteroatoms. The van der Waals surface area contributed by atoms with Gasteiger partial charge in [0.25, 0.3) is 5.91 Å². The Hall–Kier alpha value is -3.42. The maximum Gasteiger partial charge on any atom is 0.290 e. The molecule has 0 saturated carbocycles. The zero-order valence-corrected chi connectivity index (χ0v) is 17.6. The van der Waals surface area contributed by atoms with Crippen molar-refractivity contribution in [3.63, 3.8) is 0 Å². The molecule has 1 N–H and O–H groups in total. The fourth-order valence-electron chi connectivity index (χ4n) is 4.40. The Bertz CT molecular complexity index is 1140. The molecular formula is C25H24N2O5. The molecule has 5 rings (SSSR count). The van der Waals surface area contributed by atoms with E-state index in [2.05, 4.69) is 4.90 Å². The smallest absolute Gasteiger partial charge is 0.290 e. The Labute approximate surface area is 185 Å². The van der Waals surface area contributed by atoms with Crippen LogP contribution in [0.5, 0.6) is 0 Å². The van der Waals surface area contributed by atoms with Gasteiger partial charge >= 0.3 is 0 Å². The summed E-state index contributed by atoms with van der Waals surface area (Å²) in [4.78, 5) is 30.4. The lowest BCUT2D eigenvalue weighted by Gasteiger charge is -2.31. The van der Waals surface area contributed by atoms with Gasteiger partial charge in [-0.05, 0) is 17.7 Å². The van der Waals surface area contributed by atoms with Crippen molar-refractivity contribution in [2.45, 2.75) is 6.04 Å². The van der Waals surface area contributed by atoms with Gasteiger partial charge in [-0.3, -0.25) is 14.5 Å². The van der Waals surface area contributed by atoms with Gasteiger partial charge in [0.1, 0.15) is 5.58 Å². The zero-order valence-electron chi connectivity index (χ0n) is 17.6. The number of nitrogens with zero attached hydrogens (tertiary/aromatic N) is 2. The molecular weight excluding hydrogens is 408 g/mol. The van der Waals surface area contributed by atoms with E-state index in [1.807, 2.05) is 48.5 Å². The molecule has 3 heterocycles. The number of rotatable bonds is 6. The van der Waals surface area contributed by atoms with E-state index < -0.39 is 23.5 Å². The van der Waals surface area contributed by atoms with Crippen LogP contribution in [0, 0.1) is 0 Å². The summed E-state index contributed by atoms with van der Waals surface area (Å²) in [6.07, 6.45) is 0. The van der Waals surface area contributed by atoms with Crippen molar-refractivity contribution in [3.05, 3.63) is 83.3 Å². The lowest BCUT2D eigenvalue weighted by molar-refractivity contribution is -0.129. The van der Waals surface area contributed by atoms with E-state index in [1.165, 1.54) is 0 Å². The van der Waals surface area contributed by atoms with Crippen molar-refractivity contribution in [2.24, 2.45) is 0 Å². The standard InChI is InChI=1S/C25H24N2O5/c28-23(20-16-18-8-4-5-9-19(18)32-20)21-22(17-6-2-1-3-7-17)27(25(30)24(21)29)11-10-26-12-14-31-15-13-26/h1-9,16,22,29H,10-15H2. The van der Waals surface area contributed by atoms with Crippen molar-refractivity contribution in [2.75, 3.05) is 39.4 Å². The number of hydrogen-bond acceptors (Lipinski definition) is 6. The van der Waals surface area contributed by atoms with Crippen LogP contribution >= 0.6 is 0 Å². The van der Waals surface area contributed by atoms with Crippen LogP contribution in [0.15, 0.2) is 76.4 Å².